The molecule has 0 aliphatic heterocycles. The van der Waals surface area contributed by atoms with Crippen LogP contribution in [0.3, 0.4) is 0 Å². The third-order valence-corrected chi connectivity index (χ3v) is 3.45. The van der Waals surface area contributed by atoms with Crippen LogP contribution in [-0.4, -0.2) is 24.0 Å². The van der Waals surface area contributed by atoms with Gasteiger partial charge in [-0.05, 0) is 18.1 Å². The maximum absolute atomic E-state index is 13.7. The Bertz CT molecular complexity index is 610. The van der Waals surface area contributed by atoms with Gasteiger partial charge in [-0.2, -0.15) is 0 Å². The summed E-state index contributed by atoms with van der Waals surface area (Å²) in [6.45, 7) is 7.93. The number of aromatic nitrogens is 1. The molecule has 1 atom stereocenters. The summed E-state index contributed by atoms with van der Waals surface area (Å²) in [4.78, 5) is 5.01. The van der Waals surface area contributed by atoms with E-state index in [4.69, 9.17) is 0 Å². The van der Waals surface area contributed by atoms with Crippen molar-refractivity contribution in [1.82, 2.24) is 9.88 Å². The molecule has 100 valence electrons. The molecular formula is C16H19FN2. The van der Waals surface area contributed by atoms with E-state index < -0.39 is 0 Å². The van der Waals surface area contributed by atoms with Crippen LogP contribution in [-0.2, 0) is 0 Å². The smallest absolute Gasteiger partial charge is 0.147 e. The van der Waals surface area contributed by atoms with Gasteiger partial charge >= 0.3 is 0 Å². The van der Waals surface area contributed by atoms with E-state index in [-0.39, 0.29) is 11.7 Å². The summed E-state index contributed by atoms with van der Waals surface area (Å²) in [5.74, 6) is -0.111. The van der Waals surface area contributed by atoms with Crippen LogP contribution in [0.2, 0.25) is 0 Å². The molecule has 2 rings (SSSR count). The molecule has 1 aromatic heterocycles. The molecule has 0 saturated carbocycles. The second-order valence-electron chi connectivity index (χ2n) is 4.87. The van der Waals surface area contributed by atoms with Crippen molar-refractivity contribution in [2.24, 2.45) is 0 Å². The summed E-state index contributed by atoms with van der Waals surface area (Å²) in [5.41, 5.74) is 2.61. The van der Waals surface area contributed by atoms with Gasteiger partial charge in [0.2, 0.25) is 0 Å². The lowest BCUT2D eigenvalue weighted by molar-refractivity contribution is 0.467. The van der Waals surface area contributed by atoms with Crippen molar-refractivity contribution in [3.8, 4) is 0 Å². The Kier molecular flexibility index (Phi) is 3.74. The van der Waals surface area contributed by atoms with Crippen molar-refractivity contribution in [2.75, 3.05) is 14.1 Å². The van der Waals surface area contributed by atoms with Gasteiger partial charge in [-0.25, -0.2) is 4.39 Å². The highest BCUT2D eigenvalue weighted by atomic mass is 19.1. The van der Waals surface area contributed by atoms with E-state index >= 15 is 0 Å². The summed E-state index contributed by atoms with van der Waals surface area (Å²) >= 11 is 0. The zero-order chi connectivity index (χ0) is 14.0. The molecule has 1 N–H and O–H groups in total. The fourth-order valence-electron chi connectivity index (χ4n) is 2.35. The van der Waals surface area contributed by atoms with Gasteiger partial charge in [0.15, 0.2) is 0 Å². The monoisotopic (exact) mass is 258 g/mol. The average molecular weight is 258 g/mol. The first kappa shape index (κ1) is 13.4. The molecule has 1 aromatic carbocycles. The van der Waals surface area contributed by atoms with Gasteiger partial charge in [0, 0.05) is 37.3 Å². The van der Waals surface area contributed by atoms with Crippen molar-refractivity contribution in [3.63, 3.8) is 0 Å². The van der Waals surface area contributed by atoms with Gasteiger partial charge in [-0.3, -0.25) is 0 Å². The number of H-pyrrole nitrogens is 1. The largest absolute Gasteiger partial charge is 0.381 e. The maximum Gasteiger partial charge on any atom is 0.147 e. The van der Waals surface area contributed by atoms with Gasteiger partial charge in [0.25, 0.3) is 0 Å². The second kappa shape index (κ2) is 5.31. The quantitative estimate of drug-likeness (QED) is 0.802. The molecule has 3 heteroatoms. The number of hydrogen-bond donors (Lipinski definition) is 1. The molecular weight excluding hydrogens is 239 g/mol. The number of hydrogen-bond acceptors (Lipinski definition) is 1. The summed E-state index contributed by atoms with van der Waals surface area (Å²) in [7, 11) is 3.93. The SMILES string of the molecule is C=CCC(C(=C)N(C)C)c1c[nH]c2c(F)cccc12. The van der Waals surface area contributed by atoms with E-state index in [9.17, 15) is 4.39 Å². The van der Waals surface area contributed by atoms with E-state index in [0.29, 0.717) is 5.52 Å². The predicted octanol–water partition coefficient (Wildman–Crippen LogP) is 4.04. The first-order chi connectivity index (χ1) is 9.06. The normalized spacial score (nSPS) is 12.4. The van der Waals surface area contributed by atoms with Crippen LogP contribution in [0.25, 0.3) is 10.9 Å². The van der Waals surface area contributed by atoms with Crippen LogP contribution in [0.4, 0.5) is 4.39 Å². The molecule has 1 unspecified atom stereocenters. The van der Waals surface area contributed by atoms with Crippen LogP contribution < -0.4 is 0 Å². The lowest BCUT2D eigenvalue weighted by Gasteiger charge is -2.24. The highest BCUT2D eigenvalue weighted by molar-refractivity contribution is 5.84. The number of fused-ring (bicyclic) bond motifs is 1. The summed E-state index contributed by atoms with van der Waals surface area (Å²) in [6, 6.07) is 5.13. The van der Waals surface area contributed by atoms with Crippen LogP contribution in [0, 0.1) is 5.82 Å². The highest BCUT2D eigenvalue weighted by Crippen LogP contribution is 2.34. The molecule has 2 aromatic rings. The molecule has 0 bridgehead atoms. The van der Waals surface area contributed by atoms with E-state index in [2.05, 4.69) is 18.1 Å². The van der Waals surface area contributed by atoms with Gasteiger partial charge < -0.3 is 9.88 Å². The Balaban J connectivity index is 2.53. The number of nitrogens with zero attached hydrogens (tertiary/aromatic N) is 1. The van der Waals surface area contributed by atoms with Crippen LogP contribution >= 0.6 is 0 Å². The first-order valence-electron chi connectivity index (χ1n) is 6.28. The molecule has 0 fully saturated rings. The van der Waals surface area contributed by atoms with E-state index in [1.807, 2.05) is 37.3 Å². The Morgan fingerprint density at radius 3 is 2.84 bits per heavy atom. The minimum Gasteiger partial charge on any atom is -0.381 e. The standard InChI is InChI=1S/C16H19FN2/c1-5-7-12(11(2)19(3)4)14-10-18-16-13(14)8-6-9-15(16)17/h5-6,8-10,12,18H,1-2,7H2,3-4H3. The van der Waals surface area contributed by atoms with Gasteiger partial charge in [-0.1, -0.05) is 24.8 Å². The summed E-state index contributed by atoms with van der Waals surface area (Å²) in [5, 5.41) is 0.912. The van der Waals surface area contributed by atoms with Crippen LogP contribution in [0.15, 0.2) is 49.3 Å². The minimum atomic E-state index is -0.225. The number of aromatic amines is 1. The van der Waals surface area contributed by atoms with E-state index in [1.165, 1.54) is 6.07 Å². The Morgan fingerprint density at radius 1 is 1.47 bits per heavy atom. The lowest BCUT2D eigenvalue weighted by atomic mass is 9.92. The second-order valence-corrected chi connectivity index (χ2v) is 4.87. The Labute approximate surface area is 113 Å². The zero-order valence-electron chi connectivity index (χ0n) is 11.4. The fourth-order valence-corrected chi connectivity index (χ4v) is 2.35. The lowest BCUT2D eigenvalue weighted by Crippen LogP contribution is -2.16. The minimum absolute atomic E-state index is 0.114. The van der Waals surface area contributed by atoms with Crippen molar-refractivity contribution < 1.29 is 4.39 Å². The van der Waals surface area contributed by atoms with Gasteiger partial charge in [0.1, 0.15) is 5.82 Å². The highest BCUT2D eigenvalue weighted by Gasteiger charge is 2.19. The molecule has 0 spiro atoms. The number of allylic oxidation sites excluding steroid dienone is 2. The summed E-state index contributed by atoms with van der Waals surface area (Å²) in [6.07, 6.45) is 4.52. The topological polar surface area (TPSA) is 19.0 Å². The fraction of sp³-hybridized carbons (Fsp3) is 0.250. The Hall–Kier alpha value is -2.03. The first-order valence-corrected chi connectivity index (χ1v) is 6.28. The molecule has 0 aliphatic rings. The third kappa shape index (κ3) is 2.41. The zero-order valence-corrected chi connectivity index (χ0v) is 11.4. The van der Waals surface area contributed by atoms with Crippen LogP contribution in [0.1, 0.15) is 17.9 Å². The van der Waals surface area contributed by atoms with Crippen molar-refractivity contribution >= 4 is 10.9 Å². The number of benzene rings is 1. The van der Waals surface area contributed by atoms with Crippen LogP contribution in [0.5, 0.6) is 0 Å². The predicted molar refractivity (Wildman–Crippen MR) is 78.6 cm³/mol. The molecule has 0 aliphatic carbocycles. The van der Waals surface area contributed by atoms with Crippen molar-refractivity contribution in [3.05, 3.63) is 60.7 Å². The number of rotatable bonds is 5. The Morgan fingerprint density at radius 2 is 2.21 bits per heavy atom. The number of nitrogens with one attached hydrogen (secondary N) is 1. The van der Waals surface area contributed by atoms with E-state index in [1.54, 1.807) is 6.07 Å². The third-order valence-electron chi connectivity index (χ3n) is 3.45. The summed E-state index contributed by atoms with van der Waals surface area (Å²) < 4.78 is 13.7. The van der Waals surface area contributed by atoms with Gasteiger partial charge in [-0.15, -0.1) is 6.58 Å². The molecule has 0 radical (unpaired) electrons. The average Bonchev–Trinajstić information content (AvgIpc) is 2.80. The number of para-hydroxylation sites is 1. The van der Waals surface area contributed by atoms with Crippen molar-refractivity contribution in [2.45, 2.75) is 12.3 Å². The number of likely N-dealkylation sites (N-methyl/N-ethyl adjacent to an activating group) is 1. The van der Waals surface area contributed by atoms with E-state index in [0.717, 1.165) is 23.1 Å². The number of halogens is 1. The molecule has 1 heterocycles. The molecule has 2 nitrogen and oxygen atoms in total. The van der Waals surface area contributed by atoms with Gasteiger partial charge in [0.05, 0.1) is 5.52 Å². The maximum atomic E-state index is 13.7. The molecule has 0 saturated heterocycles. The van der Waals surface area contributed by atoms with Crippen molar-refractivity contribution in [1.29, 1.82) is 0 Å². The molecule has 19 heavy (non-hydrogen) atoms. The molecule has 0 amide bonds.